The van der Waals surface area contributed by atoms with Gasteiger partial charge in [0.25, 0.3) is 0 Å². The zero-order valence-electron chi connectivity index (χ0n) is 15.1. The maximum Gasteiger partial charge on any atom is 0.227 e. The molecule has 2 aromatic carbocycles. The molecule has 1 N–H and O–H groups in total. The van der Waals surface area contributed by atoms with Gasteiger partial charge in [0.05, 0.1) is 18.2 Å². The summed E-state index contributed by atoms with van der Waals surface area (Å²) < 4.78 is 27.8. The first-order valence-corrected chi connectivity index (χ1v) is 8.88. The van der Waals surface area contributed by atoms with Crippen LogP contribution in [0.3, 0.4) is 0 Å². The molecular formula is C19H16F2N6O2. The van der Waals surface area contributed by atoms with E-state index >= 15 is 0 Å². The van der Waals surface area contributed by atoms with Crippen LogP contribution in [0.5, 0.6) is 0 Å². The van der Waals surface area contributed by atoms with Gasteiger partial charge in [0, 0.05) is 18.7 Å². The van der Waals surface area contributed by atoms with Gasteiger partial charge in [0.15, 0.2) is 5.82 Å². The van der Waals surface area contributed by atoms with Crippen LogP contribution in [0.1, 0.15) is 12.2 Å². The molecule has 148 valence electrons. The van der Waals surface area contributed by atoms with Gasteiger partial charge in [-0.15, -0.1) is 5.10 Å². The molecule has 1 aliphatic heterocycles. The van der Waals surface area contributed by atoms with E-state index < -0.39 is 17.6 Å². The van der Waals surface area contributed by atoms with E-state index in [9.17, 15) is 18.4 Å². The molecule has 1 aromatic heterocycles. The molecule has 0 spiro atoms. The van der Waals surface area contributed by atoms with Crippen LogP contribution in [0.15, 0.2) is 48.5 Å². The highest BCUT2D eigenvalue weighted by atomic mass is 19.1. The van der Waals surface area contributed by atoms with Crippen molar-refractivity contribution in [1.82, 2.24) is 25.5 Å². The Kier molecular flexibility index (Phi) is 4.98. The van der Waals surface area contributed by atoms with Gasteiger partial charge in [0.2, 0.25) is 11.8 Å². The molecule has 1 saturated heterocycles. The summed E-state index contributed by atoms with van der Waals surface area (Å²) in [6.07, 6.45) is 0.0536. The normalized spacial score (nSPS) is 16.3. The fourth-order valence-electron chi connectivity index (χ4n) is 3.19. The van der Waals surface area contributed by atoms with Gasteiger partial charge in [0.1, 0.15) is 11.6 Å². The fraction of sp³-hybridized carbons (Fsp3) is 0.211. The first kappa shape index (κ1) is 18.7. The van der Waals surface area contributed by atoms with Gasteiger partial charge in [-0.2, -0.15) is 4.68 Å². The molecule has 3 aromatic rings. The van der Waals surface area contributed by atoms with E-state index in [1.54, 1.807) is 6.07 Å². The topological polar surface area (TPSA) is 93.0 Å². The van der Waals surface area contributed by atoms with Crippen LogP contribution in [0.25, 0.3) is 5.69 Å². The highest BCUT2D eigenvalue weighted by Gasteiger charge is 2.35. The van der Waals surface area contributed by atoms with Gasteiger partial charge in [-0.05, 0) is 52.9 Å². The monoisotopic (exact) mass is 398 g/mol. The highest BCUT2D eigenvalue weighted by Crippen LogP contribution is 2.25. The second-order valence-corrected chi connectivity index (χ2v) is 6.59. The van der Waals surface area contributed by atoms with Crippen molar-refractivity contribution < 1.29 is 18.4 Å². The number of carbonyl (C=O) groups excluding carboxylic acids is 2. The van der Waals surface area contributed by atoms with E-state index in [0.29, 0.717) is 17.2 Å². The fourth-order valence-corrected chi connectivity index (χ4v) is 3.19. The second kappa shape index (κ2) is 7.74. The van der Waals surface area contributed by atoms with E-state index in [1.165, 1.54) is 52.0 Å². The number of rotatable bonds is 5. The van der Waals surface area contributed by atoms with Crippen molar-refractivity contribution in [2.24, 2.45) is 5.92 Å². The predicted molar refractivity (Wildman–Crippen MR) is 97.8 cm³/mol. The van der Waals surface area contributed by atoms with E-state index in [4.69, 9.17) is 0 Å². The average Bonchev–Trinajstić information content (AvgIpc) is 3.33. The molecule has 0 unspecified atom stereocenters. The van der Waals surface area contributed by atoms with Crippen molar-refractivity contribution in [3.8, 4) is 5.69 Å². The molecule has 29 heavy (non-hydrogen) atoms. The molecule has 0 radical (unpaired) electrons. The SMILES string of the molecule is O=C(NCc1nnnn1-c1cccc(F)c1)[C@@H]1CC(=O)N(c2ccc(F)cc2)C1. The minimum Gasteiger partial charge on any atom is -0.348 e. The Morgan fingerprint density at radius 3 is 2.66 bits per heavy atom. The Balaban J connectivity index is 1.40. The average molecular weight is 398 g/mol. The number of amides is 2. The Hall–Kier alpha value is -3.69. The third kappa shape index (κ3) is 3.96. The summed E-state index contributed by atoms with van der Waals surface area (Å²) in [5.74, 6) is -1.59. The lowest BCUT2D eigenvalue weighted by atomic mass is 10.1. The lowest BCUT2D eigenvalue weighted by Gasteiger charge is -2.16. The number of tetrazole rings is 1. The molecule has 0 saturated carbocycles. The van der Waals surface area contributed by atoms with Gasteiger partial charge < -0.3 is 10.2 Å². The molecule has 10 heteroatoms. The van der Waals surface area contributed by atoms with Crippen LogP contribution in [-0.4, -0.2) is 38.6 Å². The molecule has 1 aliphatic rings. The molecular weight excluding hydrogens is 382 g/mol. The predicted octanol–water partition coefficient (Wildman–Crippen LogP) is 1.61. The van der Waals surface area contributed by atoms with Gasteiger partial charge >= 0.3 is 0 Å². The highest BCUT2D eigenvalue weighted by molar-refractivity contribution is 6.00. The number of halogens is 2. The summed E-state index contributed by atoms with van der Waals surface area (Å²) in [7, 11) is 0. The Morgan fingerprint density at radius 1 is 1.10 bits per heavy atom. The smallest absolute Gasteiger partial charge is 0.227 e. The third-order valence-electron chi connectivity index (χ3n) is 4.64. The minimum absolute atomic E-state index is 0.0174. The third-order valence-corrected chi connectivity index (χ3v) is 4.64. The molecule has 8 nitrogen and oxygen atoms in total. The number of hydrogen-bond acceptors (Lipinski definition) is 5. The number of nitrogens with zero attached hydrogens (tertiary/aromatic N) is 5. The summed E-state index contributed by atoms with van der Waals surface area (Å²) in [4.78, 5) is 26.2. The first-order valence-electron chi connectivity index (χ1n) is 8.88. The van der Waals surface area contributed by atoms with Crippen LogP contribution >= 0.6 is 0 Å². The van der Waals surface area contributed by atoms with Crippen molar-refractivity contribution >= 4 is 17.5 Å². The van der Waals surface area contributed by atoms with Crippen LogP contribution in [0, 0.1) is 17.6 Å². The van der Waals surface area contributed by atoms with Gasteiger partial charge in [-0.3, -0.25) is 9.59 Å². The van der Waals surface area contributed by atoms with E-state index in [1.807, 2.05) is 0 Å². The number of aromatic nitrogens is 4. The first-order chi connectivity index (χ1) is 14.0. The van der Waals surface area contributed by atoms with Crippen LogP contribution in [0.4, 0.5) is 14.5 Å². The Bertz CT molecular complexity index is 1050. The molecule has 0 aliphatic carbocycles. The number of hydrogen-bond donors (Lipinski definition) is 1. The summed E-state index contributed by atoms with van der Waals surface area (Å²) in [6.45, 7) is 0.217. The Morgan fingerprint density at radius 2 is 1.90 bits per heavy atom. The van der Waals surface area contributed by atoms with Crippen molar-refractivity contribution in [3.05, 3.63) is 66.0 Å². The van der Waals surface area contributed by atoms with Crippen LogP contribution < -0.4 is 10.2 Å². The van der Waals surface area contributed by atoms with Crippen molar-refractivity contribution in [2.45, 2.75) is 13.0 Å². The van der Waals surface area contributed by atoms with Crippen molar-refractivity contribution in [3.63, 3.8) is 0 Å². The molecule has 0 bridgehead atoms. The number of carbonyl (C=O) groups is 2. The van der Waals surface area contributed by atoms with Gasteiger partial charge in [-0.1, -0.05) is 6.07 Å². The molecule has 1 atom stereocenters. The summed E-state index contributed by atoms with van der Waals surface area (Å²) in [6, 6.07) is 11.3. The maximum absolute atomic E-state index is 13.4. The zero-order valence-corrected chi connectivity index (χ0v) is 15.1. The number of nitrogens with one attached hydrogen (secondary N) is 1. The zero-order chi connectivity index (χ0) is 20.4. The molecule has 2 heterocycles. The number of benzene rings is 2. The lowest BCUT2D eigenvalue weighted by Crippen LogP contribution is -2.33. The number of anilines is 1. The lowest BCUT2D eigenvalue weighted by molar-refractivity contribution is -0.126. The molecule has 4 rings (SSSR count). The second-order valence-electron chi connectivity index (χ2n) is 6.59. The summed E-state index contributed by atoms with van der Waals surface area (Å²) in [5, 5.41) is 14.0. The minimum atomic E-state index is -0.550. The Labute approximate surface area is 164 Å². The van der Waals surface area contributed by atoms with Crippen molar-refractivity contribution in [2.75, 3.05) is 11.4 Å². The largest absolute Gasteiger partial charge is 0.348 e. The van der Waals surface area contributed by atoms with E-state index in [-0.39, 0.29) is 31.3 Å². The maximum atomic E-state index is 13.4. The van der Waals surface area contributed by atoms with Crippen LogP contribution in [-0.2, 0) is 16.1 Å². The van der Waals surface area contributed by atoms with Crippen LogP contribution in [0.2, 0.25) is 0 Å². The molecule has 1 fully saturated rings. The van der Waals surface area contributed by atoms with E-state index in [0.717, 1.165) is 0 Å². The molecule has 2 amide bonds. The quantitative estimate of drug-likeness (QED) is 0.705. The standard InChI is InChI=1S/C19H16F2N6O2/c20-13-4-6-15(7-5-13)26-11-12(8-18(26)28)19(29)22-10-17-23-24-25-27(17)16-3-1-2-14(21)9-16/h1-7,9,12H,8,10-11H2,(H,22,29)/t12-/m1/s1. The van der Waals surface area contributed by atoms with Crippen molar-refractivity contribution in [1.29, 1.82) is 0 Å². The summed E-state index contributed by atoms with van der Waals surface area (Å²) >= 11 is 0. The van der Waals surface area contributed by atoms with Gasteiger partial charge in [-0.25, -0.2) is 8.78 Å². The summed E-state index contributed by atoms with van der Waals surface area (Å²) in [5.41, 5.74) is 0.972. The van der Waals surface area contributed by atoms with E-state index in [2.05, 4.69) is 20.8 Å².